The average Bonchev–Trinajstić information content (AvgIpc) is 2.53. The molecule has 1 unspecified atom stereocenters. The summed E-state index contributed by atoms with van der Waals surface area (Å²) in [5.41, 5.74) is 1.54. The lowest BCUT2D eigenvalue weighted by Crippen LogP contribution is -2.24. The zero-order valence-corrected chi connectivity index (χ0v) is 11.5. The summed E-state index contributed by atoms with van der Waals surface area (Å²) in [6.45, 7) is 3.34. The van der Waals surface area contributed by atoms with Crippen LogP contribution in [-0.4, -0.2) is 5.92 Å². The Balaban J connectivity index is 2.20. The highest BCUT2D eigenvalue weighted by molar-refractivity contribution is 9.10. The van der Waals surface area contributed by atoms with Crippen molar-refractivity contribution in [3.63, 3.8) is 0 Å². The Labute approximate surface area is 108 Å². The predicted molar refractivity (Wildman–Crippen MR) is 66.1 cm³/mol. The fraction of sp³-hybridized carbons (Fsp3) is 0.538. The summed E-state index contributed by atoms with van der Waals surface area (Å²) in [7, 11) is 0. The van der Waals surface area contributed by atoms with Crippen LogP contribution in [0.3, 0.4) is 0 Å². The summed E-state index contributed by atoms with van der Waals surface area (Å²) < 4.78 is 32.5. The van der Waals surface area contributed by atoms with E-state index < -0.39 is 11.5 Å². The van der Waals surface area contributed by atoms with Crippen molar-refractivity contribution in [2.45, 2.75) is 44.8 Å². The van der Waals surface area contributed by atoms with Crippen LogP contribution >= 0.6 is 15.9 Å². The van der Waals surface area contributed by atoms with Crippen molar-refractivity contribution in [1.29, 1.82) is 0 Å². The molecular weight excluding hydrogens is 290 g/mol. The van der Waals surface area contributed by atoms with Crippen LogP contribution in [0.15, 0.2) is 22.7 Å². The van der Waals surface area contributed by atoms with Crippen LogP contribution in [0.4, 0.5) is 8.78 Å². The molecule has 1 nitrogen and oxygen atoms in total. The van der Waals surface area contributed by atoms with Gasteiger partial charge in [0.2, 0.25) is 5.92 Å². The number of benzene rings is 1. The highest BCUT2D eigenvalue weighted by Crippen LogP contribution is 2.42. The lowest BCUT2D eigenvalue weighted by Gasteiger charge is -2.26. The Morgan fingerprint density at radius 1 is 1.47 bits per heavy atom. The highest BCUT2D eigenvalue weighted by Gasteiger charge is 2.37. The van der Waals surface area contributed by atoms with E-state index in [1.807, 2.05) is 25.1 Å². The molecule has 1 atom stereocenters. The summed E-state index contributed by atoms with van der Waals surface area (Å²) >= 11 is 3.40. The maximum Gasteiger partial charge on any atom is 0.245 e. The molecule has 2 rings (SSSR count). The molecule has 0 amide bonds. The number of ether oxygens (including phenoxy) is 1. The Bertz CT molecular complexity index is 428. The molecule has 1 aromatic rings. The lowest BCUT2D eigenvalue weighted by atomic mass is 9.89. The van der Waals surface area contributed by atoms with E-state index in [2.05, 4.69) is 15.9 Å². The molecule has 0 radical (unpaired) electrons. The van der Waals surface area contributed by atoms with Crippen molar-refractivity contribution in [3.8, 4) is 0 Å². The van der Waals surface area contributed by atoms with E-state index in [1.165, 1.54) is 0 Å². The zero-order chi connectivity index (χ0) is 12.7. The van der Waals surface area contributed by atoms with Gasteiger partial charge in [0.05, 0.1) is 12.2 Å². The van der Waals surface area contributed by atoms with Gasteiger partial charge in [-0.15, -0.1) is 0 Å². The molecule has 1 aromatic carbocycles. The first kappa shape index (κ1) is 13.0. The first-order valence-electron chi connectivity index (χ1n) is 5.61. The molecule has 0 bridgehead atoms. The standard InChI is InChI=1S/C13H15BrF2O/c1-12(5-6-13(2,15)16)11-4-3-10(14)7-9(11)8-17-12/h3-4,7H,5-6,8H2,1-2H3. The van der Waals surface area contributed by atoms with E-state index in [0.717, 1.165) is 22.5 Å². The second-order valence-electron chi connectivity index (χ2n) is 4.89. The zero-order valence-electron chi connectivity index (χ0n) is 9.90. The number of rotatable bonds is 3. The number of fused-ring (bicyclic) bond motifs is 1. The van der Waals surface area contributed by atoms with Gasteiger partial charge in [-0.2, -0.15) is 0 Å². The van der Waals surface area contributed by atoms with Crippen molar-refractivity contribution >= 4 is 15.9 Å². The van der Waals surface area contributed by atoms with Gasteiger partial charge in [-0.05, 0) is 43.5 Å². The molecule has 17 heavy (non-hydrogen) atoms. The van der Waals surface area contributed by atoms with Crippen LogP contribution in [-0.2, 0) is 16.9 Å². The minimum Gasteiger partial charge on any atom is -0.366 e. The maximum absolute atomic E-state index is 12.9. The van der Waals surface area contributed by atoms with Gasteiger partial charge in [0.1, 0.15) is 0 Å². The maximum atomic E-state index is 12.9. The molecule has 1 aliphatic rings. The van der Waals surface area contributed by atoms with Gasteiger partial charge in [-0.3, -0.25) is 0 Å². The largest absolute Gasteiger partial charge is 0.366 e. The average molecular weight is 305 g/mol. The predicted octanol–water partition coefficient (Wildman–Crippen LogP) is 4.63. The summed E-state index contributed by atoms with van der Waals surface area (Å²) in [6, 6.07) is 5.88. The van der Waals surface area contributed by atoms with Crippen molar-refractivity contribution < 1.29 is 13.5 Å². The number of alkyl halides is 2. The van der Waals surface area contributed by atoms with Gasteiger partial charge < -0.3 is 4.74 Å². The van der Waals surface area contributed by atoms with Crippen LogP contribution < -0.4 is 0 Å². The minimum absolute atomic E-state index is 0.154. The molecular formula is C13H15BrF2O. The fourth-order valence-corrected chi connectivity index (χ4v) is 2.59. The second kappa shape index (κ2) is 4.32. The molecule has 0 saturated heterocycles. The highest BCUT2D eigenvalue weighted by atomic mass is 79.9. The fourth-order valence-electron chi connectivity index (χ4n) is 2.18. The van der Waals surface area contributed by atoms with Crippen molar-refractivity contribution in [2.24, 2.45) is 0 Å². The third-order valence-electron chi connectivity index (χ3n) is 3.22. The second-order valence-corrected chi connectivity index (χ2v) is 5.81. The van der Waals surface area contributed by atoms with Crippen LogP contribution in [0.2, 0.25) is 0 Å². The van der Waals surface area contributed by atoms with E-state index in [9.17, 15) is 8.78 Å². The first-order valence-corrected chi connectivity index (χ1v) is 6.40. The van der Waals surface area contributed by atoms with E-state index in [1.54, 1.807) is 0 Å². The van der Waals surface area contributed by atoms with E-state index >= 15 is 0 Å². The minimum atomic E-state index is -2.63. The molecule has 4 heteroatoms. The Hall–Kier alpha value is -0.480. The molecule has 0 fully saturated rings. The summed E-state index contributed by atoms with van der Waals surface area (Å²) in [6.07, 6.45) is 0.185. The molecule has 94 valence electrons. The van der Waals surface area contributed by atoms with Crippen LogP contribution in [0.1, 0.15) is 37.8 Å². The molecule has 0 aromatic heterocycles. The van der Waals surface area contributed by atoms with Gasteiger partial charge in [-0.25, -0.2) is 8.78 Å². The Morgan fingerprint density at radius 2 is 2.18 bits per heavy atom. The van der Waals surface area contributed by atoms with Crippen molar-refractivity contribution in [2.75, 3.05) is 0 Å². The summed E-state index contributed by atoms with van der Waals surface area (Å²) in [5.74, 6) is -2.63. The van der Waals surface area contributed by atoms with Gasteiger partial charge in [-0.1, -0.05) is 22.0 Å². The molecule has 0 N–H and O–H groups in total. The van der Waals surface area contributed by atoms with Crippen LogP contribution in [0.5, 0.6) is 0 Å². The van der Waals surface area contributed by atoms with E-state index in [4.69, 9.17) is 4.74 Å². The smallest absolute Gasteiger partial charge is 0.245 e. The summed E-state index contributed by atoms with van der Waals surface area (Å²) in [4.78, 5) is 0. The first-order chi connectivity index (χ1) is 7.80. The van der Waals surface area contributed by atoms with E-state index in [-0.39, 0.29) is 6.42 Å². The van der Waals surface area contributed by atoms with Gasteiger partial charge in [0, 0.05) is 10.9 Å². The molecule has 0 spiro atoms. The SMILES string of the molecule is CC(F)(F)CCC1(C)OCc2cc(Br)ccc21. The molecule has 1 aliphatic heterocycles. The van der Waals surface area contributed by atoms with E-state index in [0.29, 0.717) is 13.0 Å². The third kappa shape index (κ3) is 2.86. The van der Waals surface area contributed by atoms with Crippen molar-refractivity contribution in [3.05, 3.63) is 33.8 Å². The normalized spacial score (nSPS) is 23.8. The van der Waals surface area contributed by atoms with Crippen molar-refractivity contribution in [1.82, 2.24) is 0 Å². The molecule has 0 aliphatic carbocycles. The van der Waals surface area contributed by atoms with Gasteiger partial charge in [0.15, 0.2) is 0 Å². The lowest BCUT2D eigenvalue weighted by molar-refractivity contribution is -0.0612. The quantitative estimate of drug-likeness (QED) is 0.791. The van der Waals surface area contributed by atoms with Gasteiger partial charge >= 0.3 is 0 Å². The van der Waals surface area contributed by atoms with Crippen LogP contribution in [0, 0.1) is 0 Å². The number of hydrogen-bond donors (Lipinski definition) is 0. The van der Waals surface area contributed by atoms with Gasteiger partial charge in [0.25, 0.3) is 0 Å². The Morgan fingerprint density at radius 3 is 2.82 bits per heavy atom. The number of hydrogen-bond acceptors (Lipinski definition) is 1. The van der Waals surface area contributed by atoms with Crippen LogP contribution in [0.25, 0.3) is 0 Å². The Kier molecular flexibility index (Phi) is 3.29. The third-order valence-corrected chi connectivity index (χ3v) is 3.72. The number of halogens is 3. The topological polar surface area (TPSA) is 9.23 Å². The monoisotopic (exact) mass is 304 g/mol. The molecule has 1 heterocycles. The molecule has 0 saturated carbocycles. The summed E-state index contributed by atoms with van der Waals surface area (Å²) in [5, 5.41) is 0.